The molecule has 0 radical (unpaired) electrons. The van der Waals surface area contributed by atoms with E-state index in [2.05, 4.69) is 22.2 Å². The molecule has 0 bridgehead atoms. The quantitative estimate of drug-likeness (QED) is 0.746. The van der Waals surface area contributed by atoms with E-state index in [1.165, 1.54) is 38.9 Å². The number of nitrogens with zero attached hydrogens (tertiary/aromatic N) is 3. The van der Waals surface area contributed by atoms with Gasteiger partial charge in [-0.05, 0) is 50.9 Å². The summed E-state index contributed by atoms with van der Waals surface area (Å²) in [5, 5.41) is 7.81. The summed E-state index contributed by atoms with van der Waals surface area (Å²) in [4.78, 5) is 2.59. The van der Waals surface area contributed by atoms with Crippen LogP contribution in [-0.4, -0.2) is 47.4 Å². The number of hydrogen-bond acceptors (Lipinski definition) is 3. The van der Waals surface area contributed by atoms with Crippen molar-refractivity contribution in [2.75, 3.05) is 32.7 Å². The third-order valence-electron chi connectivity index (χ3n) is 3.67. The highest BCUT2D eigenvalue weighted by Gasteiger charge is 2.19. The number of likely N-dealkylation sites (tertiary alicyclic amines) is 1. The lowest BCUT2D eigenvalue weighted by atomic mass is 9.98. The summed E-state index contributed by atoms with van der Waals surface area (Å²) in [5.41, 5.74) is 0. The van der Waals surface area contributed by atoms with Gasteiger partial charge >= 0.3 is 0 Å². The van der Waals surface area contributed by atoms with Gasteiger partial charge in [0.25, 0.3) is 0 Å². The molecule has 1 unspecified atom stereocenters. The van der Waals surface area contributed by atoms with E-state index < -0.39 is 0 Å². The van der Waals surface area contributed by atoms with E-state index in [-0.39, 0.29) is 0 Å². The van der Waals surface area contributed by atoms with Crippen LogP contribution in [0.15, 0.2) is 18.5 Å². The lowest BCUT2D eigenvalue weighted by Gasteiger charge is -2.32. The molecule has 18 heavy (non-hydrogen) atoms. The molecule has 2 rings (SSSR count). The highest BCUT2D eigenvalue weighted by molar-refractivity contribution is 4.79. The molecular formula is C14H26N4. The molecule has 102 valence electrons. The molecule has 1 fully saturated rings. The molecule has 1 atom stereocenters. The largest absolute Gasteiger partial charge is 0.316 e. The number of piperidine rings is 1. The van der Waals surface area contributed by atoms with Gasteiger partial charge < -0.3 is 10.2 Å². The fourth-order valence-electron chi connectivity index (χ4n) is 2.68. The van der Waals surface area contributed by atoms with Crippen LogP contribution in [0.3, 0.4) is 0 Å². The zero-order chi connectivity index (χ0) is 12.6. The van der Waals surface area contributed by atoms with Gasteiger partial charge in [-0.3, -0.25) is 4.68 Å². The van der Waals surface area contributed by atoms with Crippen molar-refractivity contribution in [3.05, 3.63) is 18.5 Å². The molecule has 0 amide bonds. The first kappa shape index (κ1) is 13.6. The predicted octanol–water partition coefficient (Wildman–Crippen LogP) is 1.59. The van der Waals surface area contributed by atoms with E-state index in [9.17, 15) is 0 Å². The maximum Gasteiger partial charge on any atom is 0.0536 e. The Morgan fingerprint density at radius 3 is 3.11 bits per heavy atom. The minimum atomic E-state index is 0.836. The normalized spacial score (nSPS) is 21.3. The fourth-order valence-corrected chi connectivity index (χ4v) is 2.68. The van der Waals surface area contributed by atoms with Crippen molar-refractivity contribution in [2.24, 2.45) is 5.92 Å². The van der Waals surface area contributed by atoms with Crippen molar-refractivity contribution in [3.63, 3.8) is 0 Å². The summed E-state index contributed by atoms with van der Waals surface area (Å²) < 4.78 is 2.03. The van der Waals surface area contributed by atoms with Crippen LogP contribution in [-0.2, 0) is 6.54 Å². The van der Waals surface area contributed by atoms with Crippen molar-refractivity contribution >= 4 is 0 Å². The molecule has 0 spiro atoms. The molecule has 1 aliphatic heterocycles. The molecular weight excluding hydrogens is 224 g/mol. The summed E-state index contributed by atoms with van der Waals surface area (Å²) in [7, 11) is 0. The summed E-state index contributed by atoms with van der Waals surface area (Å²) >= 11 is 0. The van der Waals surface area contributed by atoms with E-state index in [4.69, 9.17) is 0 Å². The number of nitrogens with one attached hydrogen (secondary N) is 1. The van der Waals surface area contributed by atoms with Gasteiger partial charge in [0.2, 0.25) is 0 Å². The summed E-state index contributed by atoms with van der Waals surface area (Å²) in [6.07, 6.45) is 7.86. The van der Waals surface area contributed by atoms with Crippen LogP contribution >= 0.6 is 0 Å². The Morgan fingerprint density at radius 2 is 2.33 bits per heavy atom. The van der Waals surface area contributed by atoms with Crippen LogP contribution in [0.4, 0.5) is 0 Å². The second-order valence-electron chi connectivity index (χ2n) is 5.28. The molecule has 1 saturated heterocycles. The Hall–Kier alpha value is -0.870. The standard InChI is InChI=1S/C14H26N4/c1-2-6-15-12-14-5-3-8-17(13-14)10-11-18-9-4-7-16-18/h4,7,9,14-15H,2-3,5-6,8,10-13H2,1H3. The third-order valence-corrected chi connectivity index (χ3v) is 3.67. The second kappa shape index (κ2) is 7.54. The second-order valence-corrected chi connectivity index (χ2v) is 5.28. The van der Waals surface area contributed by atoms with Gasteiger partial charge in [0.05, 0.1) is 6.54 Å². The third kappa shape index (κ3) is 4.42. The highest BCUT2D eigenvalue weighted by atomic mass is 15.3. The van der Waals surface area contributed by atoms with Crippen molar-refractivity contribution in [2.45, 2.75) is 32.7 Å². The van der Waals surface area contributed by atoms with E-state index in [0.29, 0.717) is 0 Å². The van der Waals surface area contributed by atoms with Gasteiger partial charge in [0.15, 0.2) is 0 Å². The number of rotatable bonds is 7. The maximum atomic E-state index is 4.26. The van der Waals surface area contributed by atoms with Crippen molar-refractivity contribution in [1.82, 2.24) is 20.0 Å². The topological polar surface area (TPSA) is 33.1 Å². The smallest absolute Gasteiger partial charge is 0.0536 e. The lowest BCUT2D eigenvalue weighted by Crippen LogP contribution is -2.41. The molecule has 0 saturated carbocycles. The first-order valence-corrected chi connectivity index (χ1v) is 7.29. The molecule has 1 aromatic rings. The van der Waals surface area contributed by atoms with Crippen molar-refractivity contribution in [1.29, 1.82) is 0 Å². The van der Waals surface area contributed by atoms with Crippen LogP contribution in [0.1, 0.15) is 26.2 Å². The average Bonchev–Trinajstić information content (AvgIpc) is 2.90. The van der Waals surface area contributed by atoms with E-state index in [1.54, 1.807) is 0 Å². The van der Waals surface area contributed by atoms with Gasteiger partial charge in [-0.25, -0.2) is 0 Å². The highest BCUT2D eigenvalue weighted by Crippen LogP contribution is 2.15. The first-order valence-electron chi connectivity index (χ1n) is 7.29. The van der Waals surface area contributed by atoms with Gasteiger partial charge in [-0.15, -0.1) is 0 Å². The average molecular weight is 250 g/mol. The van der Waals surface area contributed by atoms with Crippen molar-refractivity contribution < 1.29 is 0 Å². The molecule has 4 nitrogen and oxygen atoms in total. The predicted molar refractivity (Wildman–Crippen MR) is 74.6 cm³/mol. The summed E-state index contributed by atoms with van der Waals surface area (Å²) in [6, 6.07) is 1.99. The van der Waals surface area contributed by atoms with Crippen LogP contribution in [0.5, 0.6) is 0 Å². The first-order chi connectivity index (χ1) is 8.88. The molecule has 4 heteroatoms. The maximum absolute atomic E-state index is 4.26. The number of hydrogen-bond donors (Lipinski definition) is 1. The SMILES string of the molecule is CCCNCC1CCCN(CCn2cccn2)C1. The molecule has 2 heterocycles. The van der Waals surface area contributed by atoms with Crippen molar-refractivity contribution in [3.8, 4) is 0 Å². The van der Waals surface area contributed by atoms with E-state index in [1.807, 2.05) is 23.1 Å². The van der Waals surface area contributed by atoms with E-state index >= 15 is 0 Å². The summed E-state index contributed by atoms with van der Waals surface area (Å²) in [6.45, 7) is 9.22. The van der Waals surface area contributed by atoms with Crippen LogP contribution < -0.4 is 5.32 Å². The molecule has 1 N–H and O–H groups in total. The zero-order valence-corrected chi connectivity index (χ0v) is 11.5. The van der Waals surface area contributed by atoms with Crippen LogP contribution in [0, 0.1) is 5.92 Å². The van der Waals surface area contributed by atoms with Gasteiger partial charge in [0, 0.05) is 25.5 Å². The molecule has 0 aromatic carbocycles. The molecule has 1 aromatic heterocycles. The van der Waals surface area contributed by atoms with Gasteiger partial charge in [-0.1, -0.05) is 6.92 Å². The molecule has 1 aliphatic rings. The van der Waals surface area contributed by atoms with Crippen LogP contribution in [0.2, 0.25) is 0 Å². The zero-order valence-electron chi connectivity index (χ0n) is 11.5. The van der Waals surface area contributed by atoms with Crippen LogP contribution in [0.25, 0.3) is 0 Å². The monoisotopic (exact) mass is 250 g/mol. The number of aromatic nitrogens is 2. The Bertz CT molecular complexity index is 310. The van der Waals surface area contributed by atoms with Gasteiger partial charge in [-0.2, -0.15) is 5.10 Å². The minimum absolute atomic E-state index is 0.836. The Kier molecular flexibility index (Phi) is 5.68. The Labute approximate surface area is 110 Å². The fraction of sp³-hybridized carbons (Fsp3) is 0.786. The Morgan fingerprint density at radius 1 is 1.39 bits per heavy atom. The van der Waals surface area contributed by atoms with E-state index in [0.717, 1.165) is 25.6 Å². The lowest BCUT2D eigenvalue weighted by molar-refractivity contribution is 0.165. The Balaban J connectivity index is 1.66. The molecule has 0 aliphatic carbocycles. The summed E-state index contributed by atoms with van der Waals surface area (Å²) in [5.74, 6) is 0.836. The van der Waals surface area contributed by atoms with Gasteiger partial charge in [0.1, 0.15) is 0 Å². The minimum Gasteiger partial charge on any atom is -0.316 e.